The van der Waals surface area contributed by atoms with Gasteiger partial charge >= 0.3 is 0 Å². The molecule has 0 amide bonds. The summed E-state index contributed by atoms with van der Waals surface area (Å²) < 4.78 is 5.00. The average Bonchev–Trinajstić information content (AvgIpc) is 2.30. The van der Waals surface area contributed by atoms with Gasteiger partial charge in [-0.05, 0) is 37.4 Å². The fourth-order valence-corrected chi connectivity index (χ4v) is 1.74. The number of methoxy groups -OCH3 is 1. The molecule has 1 aromatic rings. The van der Waals surface area contributed by atoms with E-state index in [0.717, 1.165) is 31.1 Å². The molecule has 1 N–H and O–H groups in total. The molecule has 98 valence electrons. The first-order chi connectivity index (χ1) is 7.84. The highest BCUT2D eigenvalue weighted by Gasteiger charge is 1.97. The minimum absolute atomic E-state index is 0. The van der Waals surface area contributed by atoms with Gasteiger partial charge in [0.05, 0.1) is 0 Å². The number of nitrogens with one attached hydrogen (secondary N) is 1. The SMILES string of the molecule is COCCCCCNCc1ccccc1Cl.Cl. The second-order valence-electron chi connectivity index (χ2n) is 3.82. The van der Waals surface area contributed by atoms with Crippen molar-refractivity contribution in [3.8, 4) is 0 Å². The van der Waals surface area contributed by atoms with Crippen molar-refractivity contribution >= 4 is 24.0 Å². The Hall–Kier alpha value is -0.280. The second-order valence-corrected chi connectivity index (χ2v) is 4.23. The third-order valence-electron chi connectivity index (χ3n) is 2.48. The average molecular weight is 278 g/mol. The predicted octanol–water partition coefficient (Wildman–Crippen LogP) is 3.67. The number of benzene rings is 1. The van der Waals surface area contributed by atoms with Gasteiger partial charge in [0.2, 0.25) is 0 Å². The molecule has 0 atom stereocenters. The van der Waals surface area contributed by atoms with Crippen molar-refractivity contribution in [3.05, 3.63) is 34.9 Å². The molecule has 0 bridgehead atoms. The van der Waals surface area contributed by atoms with E-state index in [0.29, 0.717) is 0 Å². The first-order valence-electron chi connectivity index (χ1n) is 5.77. The van der Waals surface area contributed by atoms with E-state index in [1.165, 1.54) is 18.4 Å². The van der Waals surface area contributed by atoms with Gasteiger partial charge in [0, 0.05) is 25.3 Å². The molecule has 0 aromatic heterocycles. The number of hydrogen-bond acceptors (Lipinski definition) is 2. The van der Waals surface area contributed by atoms with Gasteiger partial charge in [-0.2, -0.15) is 0 Å². The zero-order valence-corrected chi connectivity index (χ0v) is 11.8. The highest BCUT2D eigenvalue weighted by atomic mass is 35.5. The van der Waals surface area contributed by atoms with Gasteiger partial charge in [0.25, 0.3) is 0 Å². The van der Waals surface area contributed by atoms with Gasteiger partial charge in [-0.15, -0.1) is 12.4 Å². The van der Waals surface area contributed by atoms with E-state index in [1.807, 2.05) is 18.2 Å². The molecular formula is C13H21Cl2NO. The quantitative estimate of drug-likeness (QED) is 0.733. The number of rotatable bonds is 8. The first-order valence-corrected chi connectivity index (χ1v) is 6.15. The third-order valence-corrected chi connectivity index (χ3v) is 2.84. The molecule has 17 heavy (non-hydrogen) atoms. The van der Waals surface area contributed by atoms with Crippen LogP contribution >= 0.6 is 24.0 Å². The molecular weight excluding hydrogens is 257 g/mol. The van der Waals surface area contributed by atoms with Crippen LogP contribution in [0.3, 0.4) is 0 Å². The summed E-state index contributed by atoms with van der Waals surface area (Å²) in [6.07, 6.45) is 3.54. The summed E-state index contributed by atoms with van der Waals surface area (Å²) in [5, 5.41) is 4.24. The summed E-state index contributed by atoms with van der Waals surface area (Å²) in [5.41, 5.74) is 1.17. The van der Waals surface area contributed by atoms with Crippen LogP contribution in [0.15, 0.2) is 24.3 Å². The summed E-state index contributed by atoms with van der Waals surface area (Å²) >= 11 is 6.05. The van der Waals surface area contributed by atoms with Gasteiger partial charge in [-0.25, -0.2) is 0 Å². The molecule has 0 aliphatic carbocycles. The van der Waals surface area contributed by atoms with Crippen molar-refractivity contribution in [1.29, 1.82) is 0 Å². The summed E-state index contributed by atoms with van der Waals surface area (Å²) in [6.45, 7) is 2.75. The Morgan fingerprint density at radius 2 is 1.94 bits per heavy atom. The number of unbranched alkanes of at least 4 members (excludes halogenated alkanes) is 2. The van der Waals surface area contributed by atoms with E-state index in [2.05, 4.69) is 11.4 Å². The molecule has 4 heteroatoms. The van der Waals surface area contributed by atoms with Crippen LogP contribution in [-0.4, -0.2) is 20.3 Å². The molecule has 1 rings (SSSR count). The molecule has 0 aliphatic heterocycles. The number of hydrogen-bond donors (Lipinski definition) is 1. The molecule has 0 saturated carbocycles. The van der Waals surface area contributed by atoms with Crippen LogP contribution in [-0.2, 0) is 11.3 Å². The molecule has 0 aliphatic rings. The number of ether oxygens (including phenoxy) is 1. The van der Waals surface area contributed by atoms with Gasteiger partial charge in [-0.3, -0.25) is 0 Å². The predicted molar refractivity (Wildman–Crippen MR) is 76.1 cm³/mol. The minimum atomic E-state index is 0. The second kappa shape index (κ2) is 10.8. The van der Waals surface area contributed by atoms with E-state index in [-0.39, 0.29) is 12.4 Å². The fourth-order valence-electron chi connectivity index (χ4n) is 1.54. The van der Waals surface area contributed by atoms with Crippen molar-refractivity contribution in [2.24, 2.45) is 0 Å². The van der Waals surface area contributed by atoms with Crippen LogP contribution in [0.2, 0.25) is 5.02 Å². The monoisotopic (exact) mass is 277 g/mol. The molecule has 0 radical (unpaired) electrons. The van der Waals surface area contributed by atoms with Gasteiger partial charge in [-0.1, -0.05) is 29.8 Å². The maximum atomic E-state index is 6.05. The van der Waals surface area contributed by atoms with Crippen LogP contribution < -0.4 is 5.32 Å². The zero-order chi connectivity index (χ0) is 11.6. The van der Waals surface area contributed by atoms with Crippen molar-refractivity contribution in [2.45, 2.75) is 25.8 Å². The fraction of sp³-hybridized carbons (Fsp3) is 0.538. The van der Waals surface area contributed by atoms with E-state index in [9.17, 15) is 0 Å². The van der Waals surface area contributed by atoms with Crippen LogP contribution in [0.4, 0.5) is 0 Å². The summed E-state index contributed by atoms with van der Waals surface area (Å²) in [6, 6.07) is 7.95. The number of halogens is 2. The Balaban J connectivity index is 0.00000256. The molecule has 1 aromatic carbocycles. The molecule has 0 heterocycles. The minimum Gasteiger partial charge on any atom is -0.385 e. The lowest BCUT2D eigenvalue weighted by Crippen LogP contribution is -2.15. The van der Waals surface area contributed by atoms with Crippen LogP contribution in [0.5, 0.6) is 0 Å². The van der Waals surface area contributed by atoms with Gasteiger partial charge < -0.3 is 10.1 Å². The molecule has 0 unspecified atom stereocenters. The highest BCUT2D eigenvalue weighted by Crippen LogP contribution is 2.14. The topological polar surface area (TPSA) is 21.3 Å². The summed E-state index contributed by atoms with van der Waals surface area (Å²) in [7, 11) is 1.75. The molecule has 2 nitrogen and oxygen atoms in total. The van der Waals surface area contributed by atoms with Crippen LogP contribution in [0, 0.1) is 0 Å². The van der Waals surface area contributed by atoms with E-state index in [4.69, 9.17) is 16.3 Å². The van der Waals surface area contributed by atoms with Gasteiger partial charge in [0.1, 0.15) is 0 Å². The smallest absolute Gasteiger partial charge is 0.0462 e. The first kappa shape index (κ1) is 16.7. The molecule has 0 saturated heterocycles. The highest BCUT2D eigenvalue weighted by molar-refractivity contribution is 6.31. The van der Waals surface area contributed by atoms with Gasteiger partial charge in [0.15, 0.2) is 0 Å². The summed E-state index contributed by atoms with van der Waals surface area (Å²) in [5.74, 6) is 0. The maximum Gasteiger partial charge on any atom is 0.0462 e. The Labute approximate surface area is 115 Å². The molecule has 0 fully saturated rings. The normalized spacial score (nSPS) is 10.0. The van der Waals surface area contributed by atoms with E-state index >= 15 is 0 Å². The Bertz CT molecular complexity index is 295. The van der Waals surface area contributed by atoms with Crippen molar-refractivity contribution < 1.29 is 4.74 Å². The Kier molecular flexibility index (Phi) is 10.7. The largest absolute Gasteiger partial charge is 0.385 e. The maximum absolute atomic E-state index is 6.05. The Morgan fingerprint density at radius 1 is 1.18 bits per heavy atom. The van der Waals surface area contributed by atoms with E-state index < -0.39 is 0 Å². The third kappa shape index (κ3) is 7.61. The lowest BCUT2D eigenvalue weighted by molar-refractivity contribution is 0.192. The molecule has 0 spiro atoms. The lowest BCUT2D eigenvalue weighted by atomic mass is 10.2. The summed E-state index contributed by atoms with van der Waals surface area (Å²) in [4.78, 5) is 0. The van der Waals surface area contributed by atoms with Crippen molar-refractivity contribution in [2.75, 3.05) is 20.3 Å². The van der Waals surface area contributed by atoms with Crippen LogP contribution in [0.1, 0.15) is 24.8 Å². The lowest BCUT2D eigenvalue weighted by Gasteiger charge is -2.06. The van der Waals surface area contributed by atoms with Crippen LogP contribution in [0.25, 0.3) is 0 Å². The standard InChI is InChI=1S/C13H20ClNO.ClH/c1-16-10-6-2-5-9-15-11-12-7-3-4-8-13(12)14;/h3-4,7-8,15H,2,5-6,9-11H2,1H3;1H. The Morgan fingerprint density at radius 3 is 2.65 bits per heavy atom. The van der Waals surface area contributed by atoms with Crippen molar-refractivity contribution in [3.63, 3.8) is 0 Å². The zero-order valence-electron chi connectivity index (χ0n) is 10.2. The van der Waals surface area contributed by atoms with E-state index in [1.54, 1.807) is 7.11 Å². The van der Waals surface area contributed by atoms with Crippen molar-refractivity contribution in [1.82, 2.24) is 5.32 Å².